The number of nitrogens with zero attached hydrogens (tertiary/aromatic N) is 2. The Morgan fingerprint density at radius 2 is 1.96 bits per heavy atom. The molecule has 1 aliphatic rings. The van der Waals surface area contributed by atoms with Crippen molar-refractivity contribution >= 4 is 22.9 Å². The van der Waals surface area contributed by atoms with Gasteiger partial charge >= 0.3 is 6.09 Å². The van der Waals surface area contributed by atoms with Gasteiger partial charge in [0.1, 0.15) is 0 Å². The molecule has 0 atom stereocenters. The van der Waals surface area contributed by atoms with Gasteiger partial charge in [-0.2, -0.15) is 0 Å². The molecule has 1 aromatic heterocycles. The number of aromatic nitrogens is 1. The molecule has 0 aliphatic carbocycles. The summed E-state index contributed by atoms with van der Waals surface area (Å²) in [5.74, 6) is 0.0226. The van der Waals surface area contributed by atoms with Crippen molar-refractivity contribution in [2.24, 2.45) is 0 Å². The second-order valence-corrected chi connectivity index (χ2v) is 6.42. The van der Waals surface area contributed by atoms with Crippen LogP contribution in [0.25, 0.3) is 10.9 Å². The van der Waals surface area contributed by atoms with Gasteiger partial charge in [0, 0.05) is 49.8 Å². The normalized spacial score (nSPS) is 15.2. The lowest BCUT2D eigenvalue weighted by Gasteiger charge is -2.33. The Labute approximate surface area is 153 Å². The number of para-hydroxylation sites is 1. The highest BCUT2D eigenvalue weighted by atomic mass is 16.6. The molecule has 0 spiro atoms. The number of nitrogens with one attached hydrogen (secondary N) is 2. The van der Waals surface area contributed by atoms with E-state index in [2.05, 4.69) is 21.3 Å². The number of hydrogen-bond donors (Lipinski definition) is 2. The molecule has 2 heterocycles. The molecule has 0 unspecified atom stereocenters. The number of piperazine rings is 1. The minimum absolute atomic E-state index is 0.0226. The molecule has 1 aliphatic heterocycles. The summed E-state index contributed by atoms with van der Waals surface area (Å²) in [7, 11) is 0. The van der Waals surface area contributed by atoms with Gasteiger partial charge in [0.2, 0.25) is 5.91 Å². The van der Waals surface area contributed by atoms with Crippen molar-refractivity contribution in [2.45, 2.75) is 13.3 Å². The average Bonchev–Trinajstić information content (AvgIpc) is 3.06. The van der Waals surface area contributed by atoms with Crippen molar-refractivity contribution in [2.75, 3.05) is 45.9 Å². The number of hydrogen-bond acceptors (Lipinski definition) is 4. The number of aromatic amines is 1. The van der Waals surface area contributed by atoms with E-state index in [1.54, 1.807) is 11.8 Å². The Balaban J connectivity index is 1.38. The number of amides is 2. The molecule has 26 heavy (non-hydrogen) atoms. The van der Waals surface area contributed by atoms with E-state index in [-0.39, 0.29) is 12.0 Å². The number of ether oxygens (including phenoxy) is 1. The van der Waals surface area contributed by atoms with Crippen molar-refractivity contribution in [1.29, 1.82) is 0 Å². The third kappa shape index (κ3) is 4.54. The number of H-pyrrole nitrogens is 1. The third-order valence-electron chi connectivity index (χ3n) is 4.66. The molecular formula is C19H26N4O3. The van der Waals surface area contributed by atoms with Crippen LogP contribution in [0.2, 0.25) is 0 Å². The Kier molecular flexibility index (Phi) is 6.12. The van der Waals surface area contributed by atoms with E-state index < -0.39 is 0 Å². The Bertz CT molecular complexity index is 750. The van der Waals surface area contributed by atoms with Crippen molar-refractivity contribution in [3.05, 3.63) is 36.0 Å². The van der Waals surface area contributed by atoms with E-state index in [0.717, 1.165) is 11.9 Å². The summed E-state index contributed by atoms with van der Waals surface area (Å²) in [6.07, 6.45) is 2.54. The topological polar surface area (TPSA) is 77.7 Å². The molecule has 1 aromatic carbocycles. The molecule has 7 nitrogen and oxygen atoms in total. The standard InChI is InChI=1S/C19H26N4O3/c1-2-26-19(25)23-11-9-22(10-12-23)14-18(24)20-8-7-15-13-21-17-6-4-3-5-16(15)17/h3-6,13,21H,2,7-12,14H2,1H3,(H,20,24). The van der Waals surface area contributed by atoms with E-state index in [1.165, 1.54) is 10.9 Å². The van der Waals surface area contributed by atoms with Gasteiger partial charge in [0.25, 0.3) is 0 Å². The zero-order valence-electron chi connectivity index (χ0n) is 15.2. The third-order valence-corrected chi connectivity index (χ3v) is 4.66. The molecule has 2 N–H and O–H groups in total. The molecule has 0 bridgehead atoms. The summed E-state index contributed by atoms with van der Waals surface area (Å²) in [4.78, 5) is 30.8. The number of rotatable bonds is 6. The van der Waals surface area contributed by atoms with Gasteiger partial charge in [-0.15, -0.1) is 0 Å². The number of benzene rings is 1. The van der Waals surface area contributed by atoms with E-state index in [0.29, 0.717) is 45.9 Å². The maximum absolute atomic E-state index is 12.2. The number of carbonyl (C=O) groups excluding carboxylic acids is 2. The summed E-state index contributed by atoms with van der Waals surface area (Å²) in [6.45, 7) is 5.74. The average molecular weight is 358 g/mol. The van der Waals surface area contributed by atoms with Gasteiger partial charge in [-0.3, -0.25) is 9.69 Å². The minimum atomic E-state index is -0.268. The molecule has 3 rings (SSSR count). The first kappa shape index (κ1) is 18.3. The van der Waals surface area contributed by atoms with Gasteiger partial charge in [0.05, 0.1) is 13.2 Å². The molecule has 140 valence electrons. The maximum atomic E-state index is 12.2. The smallest absolute Gasteiger partial charge is 0.409 e. The van der Waals surface area contributed by atoms with Crippen LogP contribution in [0.15, 0.2) is 30.5 Å². The quantitative estimate of drug-likeness (QED) is 0.822. The summed E-state index contributed by atoms with van der Waals surface area (Å²) in [5, 5.41) is 4.19. The largest absolute Gasteiger partial charge is 0.450 e. The Morgan fingerprint density at radius 3 is 2.73 bits per heavy atom. The van der Waals surface area contributed by atoms with Crippen molar-refractivity contribution in [3.63, 3.8) is 0 Å². The highest BCUT2D eigenvalue weighted by molar-refractivity contribution is 5.83. The first-order chi connectivity index (χ1) is 12.7. The number of carbonyl (C=O) groups is 2. The molecule has 1 fully saturated rings. The van der Waals surface area contributed by atoms with Crippen molar-refractivity contribution in [1.82, 2.24) is 20.1 Å². The molecule has 2 aromatic rings. The SMILES string of the molecule is CCOC(=O)N1CCN(CC(=O)NCCc2c[nH]c3ccccc23)CC1. The maximum Gasteiger partial charge on any atom is 0.409 e. The Hall–Kier alpha value is -2.54. The van der Waals surface area contributed by atoms with Crippen molar-refractivity contribution < 1.29 is 14.3 Å². The highest BCUT2D eigenvalue weighted by Gasteiger charge is 2.22. The predicted octanol–water partition coefficient (Wildman–Crippen LogP) is 1.60. The van der Waals surface area contributed by atoms with Crippen LogP contribution in [0, 0.1) is 0 Å². The minimum Gasteiger partial charge on any atom is -0.450 e. The van der Waals surface area contributed by atoms with Crippen LogP contribution < -0.4 is 5.32 Å². The fourth-order valence-corrected chi connectivity index (χ4v) is 3.24. The van der Waals surface area contributed by atoms with Gasteiger partial charge in [-0.25, -0.2) is 4.79 Å². The summed E-state index contributed by atoms with van der Waals surface area (Å²) in [5.41, 5.74) is 2.33. The summed E-state index contributed by atoms with van der Waals surface area (Å²) in [6, 6.07) is 8.17. The van der Waals surface area contributed by atoms with E-state index in [4.69, 9.17) is 4.74 Å². The fraction of sp³-hybridized carbons (Fsp3) is 0.474. The molecule has 0 saturated carbocycles. The van der Waals surface area contributed by atoms with Gasteiger partial charge in [0.15, 0.2) is 0 Å². The first-order valence-electron chi connectivity index (χ1n) is 9.13. The summed E-state index contributed by atoms with van der Waals surface area (Å²) >= 11 is 0. The summed E-state index contributed by atoms with van der Waals surface area (Å²) < 4.78 is 5.00. The second kappa shape index (κ2) is 8.71. The second-order valence-electron chi connectivity index (χ2n) is 6.42. The number of fused-ring (bicyclic) bond motifs is 1. The van der Waals surface area contributed by atoms with Crippen LogP contribution in [-0.4, -0.2) is 72.7 Å². The fourth-order valence-electron chi connectivity index (χ4n) is 3.24. The zero-order chi connectivity index (χ0) is 18.4. The predicted molar refractivity (Wildman–Crippen MR) is 100 cm³/mol. The zero-order valence-corrected chi connectivity index (χ0v) is 15.2. The van der Waals surface area contributed by atoms with Gasteiger partial charge < -0.3 is 19.9 Å². The van der Waals surface area contributed by atoms with Gasteiger partial charge in [-0.05, 0) is 25.0 Å². The van der Waals surface area contributed by atoms with Crippen LogP contribution in [0.3, 0.4) is 0 Å². The van der Waals surface area contributed by atoms with Crippen LogP contribution in [0.1, 0.15) is 12.5 Å². The van der Waals surface area contributed by atoms with Crippen LogP contribution in [0.5, 0.6) is 0 Å². The lowest BCUT2D eigenvalue weighted by molar-refractivity contribution is -0.122. The lowest BCUT2D eigenvalue weighted by Crippen LogP contribution is -2.51. The highest BCUT2D eigenvalue weighted by Crippen LogP contribution is 2.17. The molecule has 7 heteroatoms. The first-order valence-corrected chi connectivity index (χ1v) is 9.13. The van der Waals surface area contributed by atoms with E-state index >= 15 is 0 Å². The van der Waals surface area contributed by atoms with E-state index in [9.17, 15) is 9.59 Å². The van der Waals surface area contributed by atoms with Crippen LogP contribution >= 0.6 is 0 Å². The molecule has 0 radical (unpaired) electrons. The van der Waals surface area contributed by atoms with Crippen molar-refractivity contribution in [3.8, 4) is 0 Å². The van der Waals surface area contributed by atoms with Crippen LogP contribution in [0.4, 0.5) is 4.79 Å². The monoisotopic (exact) mass is 358 g/mol. The van der Waals surface area contributed by atoms with E-state index in [1.807, 2.05) is 24.4 Å². The van der Waals surface area contributed by atoms with Crippen LogP contribution in [-0.2, 0) is 16.0 Å². The molecule has 2 amide bonds. The van der Waals surface area contributed by atoms with Gasteiger partial charge in [-0.1, -0.05) is 18.2 Å². The lowest BCUT2D eigenvalue weighted by atomic mass is 10.1. The molecular weight excluding hydrogens is 332 g/mol. The Morgan fingerprint density at radius 1 is 1.19 bits per heavy atom. The molecule has 1 saturated heterocycles.